The largest absolute Gasteiger partial charge is 0.456 e. The van der Waals surface area contributed by atoms with Gasteiger partial charge in [0.15, 0.2) is 17.5 Å². The van der Waals surface area contributed by atoms with Gasteiger partial charge in [-0.2, -0.15) is 0 Å². The first-order valence-corrected chi connectivity index (χ1v) is 17.4. The predicted octanol–water partition coefficient (Wildman–Crippen LogP) is 11.9. The van der Waals surface area contributed by atoms with Crippen LogP contribution in [-0.4, -0.2) is 15.0 Å². The Bertz CT molecular complexity index is 2790. The molecule has 0 fully saturated rings. The van der Waals surface area contributed by atoms with Crippen molar-refractivity contribution in [2.24, 2.45) is 0 Å². The van der Waals surface area contributed by atoms with Crippen LogP contribution in [0.25, 0.3) is 84.1 Å². The van der Waals surface area contributed by atoms with Gasteiger partial charge < -0.3 is 4.42 Å². The average Bonchev–Trinajstić information content (AvgIpc) is 3.59. The van der Waals surface area contributed by atoms with Gasteiger partial charge in [-0.1, -0.05) is 146 Å². The third-order valence-corrected chi connectivity index (χ3v) is 10.1. The number of benzene rings is 7. The number of para-hydroxylation sites is 1. The number of allylic oxidation sites excluding steroid dienone is 1. The Kier molecular flexibility index (Phi) is 6.91. The molecule has 1 unspecified atom stereocenters. The molecule has 1 aliphatic rings. The van der Waals surface area contributed by atoms with Crippen LogP contribution in [0.4, 0.5) is 0 Å². The van der Waals surface area contributed by atoms with Crippen molar-refractivity contribution in [3.8, 4) is 45.3 Å². The maximum atomic E-state index is 6.22. The van der Waals surface area contributed by atoms with E-state index in [4.69, 9.17) is 19.4 Å². The summed E-state index contributed by atoms with van der Waals surface area (Å²) in [6.07, 6.45) is 5.55. The monoisotopic (exact) mass is 653 g/mol. The summed E-state index contributed by atoms with van der Waals surface area (Å²) in [5.74, 6) is 2.25. The van der Waals surface area contributed by atoms with Crippen molar-refractivity contribution >= 4 is 38.8 Å². The van der Waals surface area contributed by atoms with Gasteiger partial charge in [-0.25, -0.2) is 15.0 Å². The molecule has 9 aromatic rings. The van der Waals surface area contributed by atoms with E-state index in [-0.39, 0.29) is 0 Å². The van der Waals surface area contributed by atoms with Gasteiger partial charge in [0, 0.05) is 33.4 Å². The summed E-state index contributed by atoms with van der Waals surface area (Å²) in [6, 6.07) is 55.1. The Morgan fingerprint density at radius 3 is 2.04 bits per heavy atom. The molecule has 1 atom stereocenters. The second-order valence-electron chi connectivity index (χ2n) is 13.2. The van der Waals surface area contributed by atoms with Gasteiger partial charge in [0.05, 0.1) is 0 Å². The van der Waals surface area contributed by atoms with Gasteiger partial charge in [-0.15, -0.1) is 0 Å². The summed E-state index contributed by atoms with van der Waals surface area (Å²) in [4.78, 5) is 15.3. The minimum atomic E-state index is 0.329. The zero-order valence-corrected chi connectivity index (χ0v) is 27.7. The van der Waals surface area contributed by atoms with Crippen molar-refractivity contribution in [1.29, 1.82) is 0 Å². The molecule has 0 N–H and O–H groups in total. The van der Waals surface area contributed by atoms with Gasteiger partial charge in [-0.05, 0) is 69.3 Å². The molecule has 0 amide bonds. The molecule has 4 nitrogen and oxygen atoms in total. The lowest BCUT2D eigenvalue weighted by atomic mass is 9.85. The van der Waals surface area contributed by atoms with Crippen LogP contribution < -0.4 is 0 Å². The highest BCUT2D eigenvalue weighted by Crippen LogP contribution is 2.38. The molecule has 0 aliphatic heterocycles. The van der Waals surface area contributed by atoms with E-state index in [9.17, 15) is 0 Å². The van der Waals surface area contributed by atoms with Crippen LogP contribution in [0.15, 0.2) is 168 Å². The lowest BCUT2D eigenvalue weighted by Crippen LogP contribution is -2.05. The number of aromatic nitrogens is 3. The van der Waals surface area contributed by atoms with Crippen LogP contribution in [0.1, 0.15) is 22.6 Å². The third-order valence-electron chi connectivity index (χ3n) is 10.1. The lowest BCUT2D eigenvalue weighted by Gasteiger charge is -2.20. The van der Waals surface area contributed by atoms with Crippen LogP contribution in [0.2, 0.25) is 0 Å². The first-order valence-electron chi connectivity index (χ1n) is 17.4. The number of fused-ring (bicyclic) bond motifs is 5. The van der Waals surface area contributed by atoms with Crippen molar-refractivity contribution in [3.63, 3.8) is 0 Å². The van der Waals surface area contributed by atoms with Crippen molar-refractivity contribution in [1.82, 2.24) is 15.0 Å². The molecule has 1 aliphatic carbocycles. The first-order chi connectivity index (χ1) is 25.2. The highest BCUT2D eigenvalue weighted by Gasteiger charge is 2.18. The van der Waals surface area contributed by atoms with E-state index in [1.54, 1.807) is 0 Å². The van der Waals surface area contributed by atoms with Gasteiger partial charge in [0.1, 0.15) is 11.2 Å². The van der Waals surface area contributed by atoms with Gasteiger partial charge >= 0.3 is 0 Å². The van der Waals surface area contributed by atoms with E-state index in [1.807, 2.05) is 18.2 Å². The van der Waals surface area contributed by atoms with E-state index in [0.29, 0.717) is 23.4 Å². The molecule has 0 radical (unpaired) electrons. The van der Waals surface area contributed by atoms with E-state index < -0.39 is 0 Å². The highest BCUT2D eigenvalue weighted by molar-refractivity contribution is 6.12. The summed E-state index contributed by atoms with van der Waals surface area (Å²) in [6.45, 7) is 0. The Hall–Kier alpha value is -6.65. The summed E-state index contributed by atoms with van der Waals surface area (Å²) >= 11 is 0. The number of rotatable bonds is 5. The van der Waals surface area contributed by atoms with Crippen LogP contribution in [0.3, 0.4) is 0 Å². The Morgan fingerprint density at radius 2 is 1.16 bits per heavy atom. The zero-order valence-electron chi connectivity index (χ0n) is 27.7. The third kappa shape index (κ3) is 5.29. The van der Waals surface area contributed by atoms with Crippen LogP contribution in [-0.2, 0) is 6.42 Å². The van der Waals surface area contributed by atoms with Gasteiger partial charge in [0.25, 0.3) is 0 Å². The van der Waals surface area contributed by atoms with E-state index >= 15 is 0 Å². The first kappa shape index (κ1) is 29.3. The number of hydrogen-bond donors (Lipinski definition) is 0. The second-order valence-corrected chi connectivity index (χ2v) is 13.2. The van der Waals surface area contributed by atoms with Crippen molar-refractivity contribution in [2.75, 3.05) is 0 Å². The maximum Gasteiger partial charge on any atom is 0.164 e. The SMILES string of the molecule is C1=CC(c2ccc(-c3nc(-c4cccc(-c5cccc6oc7ccccc7c56)c4)nc(-c4ccc5ccccc5c4)n3)cc2)Cc2ccccc21. The fraction of sp³-hybridized carbons (Fsp3) is 0.0426. The van der Waals surface area contributed by atoms with Crippen molar-refractivity contribution < 1.29 is 4.42 Å². The van der Waals surface area contributed by atoms with Crippen molar-refractivity contribution in [3.05, 3.63) is 180 Å². The molecule has 2 aromatic heterocycles. The standard InChI is InChI=1S/C47H31N3O/c1-3-11-34-27-36(25-21-30(34)9-1)32-19-23-33(24-20-32)45-48-46(50-47(49-45)39-26-22-31-10-2-4-12-35(31)28-39)38-14-7-13-37(29-38)40-16-8-18-43-44(40)41-15-5-6-17-42(41)51-43/h1-26,28-29,36H,27H2. The van der Waals surface area contributed by atoms with Crippen LogP contribution >= 0.6 is 0 Å². The molecule has 0 saturated carbocycles. The quantitative estimate of drug-likeness (QED) is 0.185. The molecular weight excluding hydrogens is 623 g/mol. The smallest absolute Gasteiger partial charge is 0.164 e. The summed E-state index contributed by atoms with van der Waals surface area (Å²) in [5, 5.41) is 4.53. The average molecular weight is 654 g/mol. The normalized spacial score (nSPS) is 13.9. The second kappa shape index (κ2) is 12.0. The Balaban J connectivity index is 1.08. The van der Waals surface area contributed by atoms with E-state index in [0.717, 1.165) is 61.6 Å². The highest BCUT2D eigenvalue weighted by atomic mass is 16.3. The summed E-state index contributed by atoms with van der Waals surface area (Å²) in [7, 11) is 0. The molecule has 0 saturated heterocycles. The molecule has 7 aromatic carbocycles. The molecule has 4 heteroatoms. The van der Waals surface area contributed by atoms with Crippen LogP contribution in [0, 0.1) is 0 Å². The summed E-state index contributed by atoms with van der Waals surface area (Å²) < 4.78 is 6.22. The maximum absolute atomic E-state index is 6.22. The summed E-state index contributed by atoms with van der Waals surface area (Å²) in [5.41, 5.74) is 10.7. The Labute approximate surface area is 295 Å². The van der Waals surface area contributed by atoms with E-state index in [2.05, 4.69) is 152 Å². The zero-order chi connectivity index (χ0) is 33.7. The minimum absolute atomic E-state index is 0.329. The molecule has 10 rings (SSSR count). The molecule has 240 valence electrons. The fourth-order valence-electron chi connectivity index (χ4n) is 7.45. The topological polar surface area (TPSA) is 51.8 Å². The number of furan rings is 1. The van der Waals surface area contributed by atoms with Crippen molar-refractivity contribution in [2.45, 2.75) is 12.3 Å². The fourth-order valence-corrected chi connectivity index (χ4v) is 7.45. The molecule has 0 bridgehead atoms. The van der Waals surface area contributed by atoms with Crippen LogP contribution in [0.5, 0.6) is 0 Å². The lowest BCUT2D eigenvalue weighted by molar-refractivity contribution is 0.669. The molecular formula is C47H31N3O. The number of hydrogen-bond acceptors (Lipinski definition) is 4. The molecule has 0 spiro atoms. The Morgan fingerprint density at radius 1 is 0.490 bits per heavy atom. The molecule has 2 heterocycles. The number of nitrogens with zero attached hydrogens (tertiary/aromatic N) is 3. The van der Waals surface area contributed by atoms with E-state index in [1.165, 1.54) is 22.1 Å². The predicted molar refractivity (Wildman–Crippen MR) is 208 cm³/mol. The van der Waals surface area contributed by atoms with Gasteiger partial charge in [-0.3, -0.25) is 0 Å². The molecule has 51 heavy (non-hydrogen) atoms. The minimum Gasteiger partial charge on any atom is -0.456 e. The van der Waals surface area contributed by atoms with Gasteiger partial charge in [0.2, 0.25) is 0 Å².